The van der Waals surface area contributed by atoms with E-state index in [-0.39, 0.29) is 6.61 Å². The summed E-state index contributed by atoms with van der Waals surface area (Å²) in [5.74, 6) is 1.33. The first-order valence-corrected chi connectivity index (χ1v) is 12.2. The number of allylic oxidation sites excluding steroid dienone is 2. The molecule has 0 spiro atoms. The van der Waals surface area contributed by atoms with Crippen LogP contribution in [0.25, 0.3) is 5.57 Å². The van der Waals surface area contributed by atoms with Crippen LogP contribution in [0.1, 0.15) is 81.3 Å². The molecule has 1 aromatic rings. The van der Waals surface area contributed by atoms with Crippen LogP contribution in [0.3, 0.4) is 0 Å². The molecule has 1 aliphatic heterocycles. The Balaban J connectivity index is 1.31. The third kappa shape index (κ3) is 4.33. The fourth-order valence-corrected chi connectivity index (χ4v) is 6.03. The maximum Gasteiger partial charge on any atom is 0.0593 e. The minimum atomic E-state index is 0.282. The van der Waals surface area contributed by atoms with Gasteiger partial charge >= 0.3 is 0 Å². The maximum absolute atomic E-state index is 10.2. The van der Waals surface area contributed by atoms with Crippen LogP contribution in [-0.2, 0) is 0 Å². The van der Waals surface area contributed by atoms with Gasteiger partial charge in [-0.2, -0.15) is 0 Å². The fourth-order valence-electron chi connectivity index (χ4n) is 6.03. The minimum Gasteiger partial charge on any atom is -0.395 e. The Bertz CT molecular complexity index is 702. The molecule has 0 aromatic heterocycles. The predicted octanol–water partition coefficient (Wildman–Crippen LogP) is 4.71. The van der Waals surface area contributed by atoms with E-state index >= 15 is 0 Å². The highest BCUT2D eigenvalue weighted by molar-refractivity contribution is 5.66. The van der Waals surface area contributed by atoms with Gasteiger partial charge in [-0.15, -0.1) is 0 Å². The van der Waals surface area contributed by atoms with Gasteiger partial charge in [-0.05, 0) is 74.0 Å². The van der Waals surface area contributed by atoms with Crippen molar-refractivity contribution in [2.45, 2.75) is 88.3 Å². The van der Waals surface area contributed by atoms with Crippen LogP contribution >= 0.6 is 0 Å². The third-order valence-electron chi connectivity index (χ3n) is 7.96. The lowest BCUT2D eigenvalue weighted by Gasteiger charge is -2.55. The molecule has 1 heterocycles. The maximum atomic E-state index is 10.2. The molecule has 0 radical (unpaired) electrons. The van der Waals surface area contributed by atoms with E-state index in [1.165, 1.54) is 87.5 Å². The molecule has 3 fully saturated rings. The molecule has 1 aromatic carbocycles. The van der Waals surface area contributed by atoms with Crippen molar-refractivity contribution < 1.29 is 5.11 Å². The molecule has 2 saturated carbocycles. The van der Waals surface area contributed by atoms with Crippen molar-refractivity contribution in [3.05, 3.63) is 41.5 Å². The van der Waals surface area contributed by atoms with E-state index in [1.54, 1.807) is 0 Å². The van der Waals surface area contributed by atoms with E-state index in [2.05, 4.69) is 40.6 Å². The lowest BCUT2D eigenvalue weighted by atomic mass is 9.74. The van der Waals surface area contributed by atoms with Crippen molar-refractivity contribution in [3.63, 3.8) is 0 Å². The van der Waals surface area contributed by atoms with Crippen LogP contribution in [0.4, 0.5) is 0 Å². The van der Waals surface area contributed by atoms with E-state index in [1.807, 2.05) is 0 Å². The zero-order valence-corrected chi connectivity index (χ0v) is 17.9. The first-order chi connectivity index (χ1) is 14.3. The van der Waals surface area contributed by atoms with Crippen molar-refractivity contribution in [2.24, 2.45) is 5.92 Å². The van der Waals surface area contributed by atoms with Gasteiger partial charge in [0.05, 0.1) is 6.61 Å². The molecule has 5 rings (SSSR count). The number of benzene rings is 1. The molecular formula is C26H38N2O. The van der Waals surface area contributed by atoms with Crippen molar-refractivity contribution in [1.29, 1.82) is 0 Å². The van der Waals surface area contributed by atoms with Gasteiger partial charge in [0.25, 0.3) is 0 Å². The van der Waals surface area contributed by atoms with Gasteiger partial charge in [-0.3, -0.25) is 4.90 Å². The molecule has 158 valence electrons. The summed E-state index contributed by atoms with van der Waals surface area (Å²) in [5, 5.41) is 14.1. The Morgan fingerprint density at radius 1 is 0.931 bits per heavy atom. The molecule has 29 heavy (non-hydrogen) atoms. The zero-order chi connectivity index (χ0) is 19.6. The summed E-state index contributed by atoms with van der Waals surface area (Å²) >= 11 is 0. The summed E-state index contributed by atoms with van der Waals surface area (Å²) < 4.78 is 0. The quantitative estimate of drug-likeness (QED) is 0.670. The second kappa shape index (κ2) is 8.91. The molecule has 3 atom stereocenters. The molecule has 0 unspecified atom stereocenters. The fraction of sp³-hybridized carbons (Fsp3) is 0.692. The highest BCUT2D eigenvalue weighted by atomic mass is 16.3. The van der Waals surface area contributed by atoms with E-state index < -0.39 is 0 Å². The number of nitrogens with zero attached hydrogens (tertiary/aromatic N) is 1. The summed E-state index contributed by atoms with van der Waals surface area (Å²) in [6.07, 6.45) is 15.8. The number of hydrogen-bond donors (Lipinski definition) is 2. The van der Waals surface area contributed by atoms with Crippen LogP contribution in [0.15, 0.2) is 30.3 Å². The number of rotatable bonds is 8. The van der Waals surface area contributed by atoms with Gasteiger partial charge in [0, 0.05) is 37.1 Å². The predicted molar refractivity (Wildman–Crippen MR) is 120 cm³/mol. The highest BCUT2D eigenvalue weighted by Gasteiger charge is 2.49. The normalized spacial score (nSPS) is 30.9. The molecule has 4 aliphatic rings. The number of nitrogens with one attached hydrogen (secondary N) is 1. The van der Waals surface area contributed by atoms with E-state index in [0.717, 1.165) is 12.5 Å². The Hall–Kier alpha value is -1.16. The highest BCUT2D eigenvalue weighted by Crippen LogP contribution is 2.44. The van der Waals surface area contributed by atoms with Crippen molar-refractivity contribution in [2.75, 3.05) is 19.7 Å². The van der Waals surface area contributed by atoms with Crippen LogP contribution in [0, 0.1) is 5.92 Å². The molecule has 0 amide bonds. The summed E-state index contributed by atoms with van der Waals surface area (Å²) in [5.41, 5.74) is 4.36. The van der Waals surface area contributed by atoms with E-state index in [0.29, 0.717) is 24.0 Å². The van der Waals surface area contributed by atoms with Crippen LogP contribution in [-0.4, -0.2) is 47.8 Å². The molecule has 0 bridgehead atoms. The lowest BCUT2D eigenvalue weighted by Crippen LogP contribution is -2.67. The van der Waals surface area contributed by atoms with Crippen molar-refractivity contribution >= 4 is 5.57 Å². The Labute approximate surface area is 176 Å². The Morgan fingerprint density at radius 3 is 2.38 bits per heavy atom. The van der Waals surface area contributed by atoms with Crippen molar-refractivity contribution in [1.82, 2.24) is 10.2 Å². The smallest absolute Gasteiger partial charge is 0.0593 e. The van der Waals surface area contributed by atoms with E-state index in [9.17, 15) is 5.11 Å². The monoisotopic (exact) mass is 394 g/mol. The zero-order valence-electron chi connectivity index (χ0n) is 17.9. The molecular weight excluding hydrogens is 356 g/mol. The van der Waals surface area contributed by atoms with Gasteiger partial charge < -0.3 is 10.4 Å². The first kappa shape index (κ1) is 19.8. The molecule has 3 aliphatic carbocycles. The SMILES string of the molecule is OC[C@@H]1[C@H](c2ccc(C3=CCCCC3)cc2)[C@@H](CNC2CCCC2)N1CC1CC1. The van der Waals surface area contributed by atoms with Crippen LogP contribution in [0.5, 0.6) is 0 Å². The average molecular weight is 395 g/mol. The summed E-state index contributed by atoms with van der Waals surface area (Å²) in [6.45, 7) is 2.54. The molecule has 1 saturated heterocycles. The third-order valence-corrected chi connectivity index (χ3v) is 7.96. The van der Waals surface area contributed by atoms with Gasteiger partial charge in [0.1, 0.15) is 0 Å². The number of hydrogen-bond acceptors (Lipinski definition) is 3. The van der Waals surface area contributed by atoms with Crippen LogP contribution < -0.4 is 5.32 Å². The average Bonchev–Trinajstić information content (AvgIpc) is 3.44. The second-order valence-electron chi connectivity index (χ2n) is 9.97. The largest absolute Gasteiger partial charge is 0.395 e. The standard InChI is InChI=1S/C26H38N2O/c29-18-25-26(22-14-12-21(13-15-22)20-6-2-1-3-7-20)24(28(25)17-19-10-11-19)16-27-23-8-4-5-9-23/h6,12-15,19,23-27,29H,1-5,7-11,16-18H2/t24-,25-,26-/m1/s1. The summed E-state index contributed by atoms with van der Waals surface area (Å²) in [4.78, 5) is 2.63. The van der Waals surface area contributed by atoms with E-state index in [4.69, 9.17) is 0 Å². The molecule has 3 heteroatoms. The Morgan fingerprint density at radius 2 is 1.72 bits per heavy atom. The topological polar surface area (TPSA) is 35.5 Å². The lowest BCUT2D eigenvalue weighted by molar-refractivity contribution is -0.0461. The summed E-state index contributed by atoms with van der Waals surface area (Å²) in [7, 11) is 0. The minimum absolute atomic E-state index is 0.282. The van der Waals surface area contributed by atoms with Gasteiger partial charge in [-0.1, -0.05) is 43.2 Å². The van der Waals surface area contributed by atoms with Gasteiger partial charge in [0.15, 0.2) is 0 Å². The number of aliphatic hydroxyl groups excluding tert-OH is 1. The summed E-state index contributed by atoms with van der Waals surface area (Å²) in [6, 6.07) is 10.9. The van der Waals surface area contributed by atoms with Crippen molar-refractivity contribution in [3.8, 4) is 0 Å². The number of aliphatic hydroxyl groups is 1. The number of likely N-dealkylation sites (tertiary alicyclic amines) is 1. The van der Waals surface area contributed by atoms with Gasteiger partial charge in [0.2, 0.25) is 0 Å². The Kier molecular flexibility index (Phi) is 6.08. The second-order valence-corrected chi connectivity index (χ2v) is 9.97. The molecule has 2 N–H and O–H groups in total. The van der Waals surface area contributed by atoms with Gasteiger partial charge in [-0.25, -0.2) is 0 Å². The van der Waals surface area contributed by atoms with Crippen LogP contribution in [0.2, 0.25) is 0 Å². The molecule has 3 nitrogen and oxygen atoms in total. The first-order valence-electron chi connectivity index (χ1n) is 12.2.